The van der Waals surface area contributed by atoms with Gasteiger partial charge in [0, 0.05) is 19.3 Å². The van der Waals surface area contributed by atoms with E-state index in [1.165, 1.54) is 44.9 Å². The van der Waals surface area contributed by atoms with Gasteiger partial charge in [-0.1, -0.05) is 193 Å². The average Bonchev–Trinajstić information content (AvgIpc) is 3.26. The number of hydrogen-bond acceptors (Lipinski definition) is 6. The van der Waals surface area contributed by atoms with Gasteiger partial charge in [-0.25, -0.2) is 0 Å². The van der Waals surface area contributed by atoms with Crippen LogP contribution in [0.3, 0.4) is 0 Å². The average molecular weight is 841 g/mol. The Bertz CT molecular complexity index is 1380. The number of esters is 3. The second-order valence-corrected chi connectivity index (χ2v) is 15.0. The minimum atomic E-state index is -0.844. The molecule has 0 rings (SSSR count). The van der Waals surface area contributed by atoms with Crippen molar-refractivity contribution in [3.63, 3.8) is 0 Å². The van der Waals surface area contributed by atoms with Gasteiger partial charge in [0.2, 0.25) is 0 Å². The molecular weight excluding hydrogens is 757 g/mol. The van der Waals surface area contributed by atoms with Crippen LogP contribution in [0.4, 0.5) is 0 Å². The van der Waals surface area contributed by atoms with Crippen molar-refractivity contribution in [2.45, 2.75) is 181 Å². The van der Waals surface area contributed by atoms with Gasteiger partial charge in [-0.3, -0.25) is 14.4 Å². The van der Waals surface area contributed by atoms with Crippen molar-refractivity contribution < 1.29 is 28.6 Å². The van der Waals surface area contributed by atoms with Gasteiger partial charge in [-0.15, -0.1) is 0 Å². The first-order valence-electron chi connectivity index (χ1n) is 23.8. The van der Waals surface area contributed by atoms with E-state index in [9.17, 15) is 14.4 Å². The summed E-state index contributed by atoms with van der Waals surface area (Å²) in [5.41, 5.74) is 0. The number of rotatable bonds is 40. The smallest absolute Gasteiger partial charge is 0.306 e. The van der Waals surface area contributed by atoms with E-state index in [2.05, 4.69) is 106 Å². The largest absolute Gasteiger partial charge is 0.462 e. The molecule has 0 aromatic heterocycles. The highest BCUT2D eigenvalue weighted by Crippen LogP contribution is 2.10. The number of ether oxygens (including phenoxy) is 3. The minimum absolute atomic E-state index is 0.143. The summed E-state index contributed by atoms with van der Waals surface area (Å²) in [6.07, 6.45) is 67.4. The van der Waals surface area contributed by atoms with Crippen LogP contribution in [-0.4, -0.2) is 37.2 Å². The molecule has 6 heteroatoms. The first-order valence-corrected chi connectivity index (χ1v) is 23.8. The van der Waals surface area contributed by atoms with Gasteiger partial charge < -0.3 is 14.2 Å². The second-order valence-electron chi connectivity index (χ2n) is 15.0. The van der Waals surface area contributed by atoms with Gasteiger partial charge in [0.25, 0.3) is 0 Å². The van der Waals surface area contributed by atoms with Crippen molar-refractivity contribution in [1.82, 2.24) is 0 Å². The van der Waals surface area contributed by atoms with Crippen LogP contribution in [-0.2, 0) is 28.6 Å². The van der Waals surface area contributed by atoms with Crippen molar-refractivity contribution >= 4 is 17.9 Å². The monoisotopic (exact) mass is 841 g/mol. The molecule has 0 radical (unpaired) electrons. The lowest BCUT2D eigenvalue weighted by atomic mass is 10.1. The Hall–Kier alpha value is -4.45. The molecule has 1 atom stereocenters. The van der Waals surface area contributed by atoms with Crippen molar-refractivity contribution in [3.05, 3.63) is 134 Å². The Morgan fingerprint density at radius 2 is 0.738 bits per heavy atom. The zero-order chi connectivity index (χ0) is 44.4. The maximum absolute atomic E-state index is 12.7. The van der Waals surface area contributed by atoms with Gasteiger partial charge in [0.1, 0.15) is 13.2 Å². The molecule has 0 heterocycles. The van der Waals surface area contributed by atoms with Crippen LogP contribution < -0.4 is 0 Å². The Labute approximate surface area is 373 Å². The Morgan fingerprint density at radius 1 is 0.361 bits per heavy atom. The van der Waals surface area contributed by atoms with E-state index in [0.717, 1.165) is 70.6 Å². The third-order valence-electron chi connectivity index (χ3n) is 9.25. The third kappa shape index (κ3) is 46.5. The molecule has 0 amide bonds. The molecule has 61 heavy (non-hydrogen) atoms. The van der Waals surface area contributed by atoms with Crippen LogP contribution in [0.2, 0.25) is 0 Å². The molecule has 0 N–H and O–H groups in total. The van der Waals surface area contributed by atoms with Crippen molar-refractivity contribution in [2.75, 3.05) is 13.2 Å². The van der Waals surface area contributed by atoms with Crippen molar-refractivity contribution in [3.8, 4) is 0 Å². The van der Waals surface area contributed by atoms with Gasteiger partial charge >= 0.3 is 17.9 Å². The van der Waals surface area contributed by atoms with Crippen molar-refractivity contribution in [1.29, 1.82) is 0 Å². The highest BCUT2D eigenvalue weighted by molar-refractivity contribution is 5.71. The Kier molecular flexibility index (Phi) is 44.7. The van der Waals surface area contributed by atoms with Crippen LogP contribution in [0.15, 0.2) is 134 Å². The molecule has 0 saturated heterocycles. The molecular formula is C55H84O6. The summed E-state index contributed by atoms with van der Waals surface area (Å²) in [5.74, 6) is -1.10. The van der Waals surface area contributed by atoms with Crippen LogP contribution >= 0.6 is 0 Å². The molecule has 0 aliphatic heterocycles. The maximum Gasteiger partial charge on any atom is 0.306 e. The van der Waals surface area contributed by atoms with E-state index < -0.39 is 6.10 Å². The van der Waals surface area contributed by atoms with Crippen LogP contribution in [0.5, 0.6) is 0 Å². The predicted molar refractivity (Wildman–Crippen MR) is 260 cm³/mol. The zero-order valence-electron chi connectivity index (χ0n) is 38.6. The summed E-state index contributed by atoms with van der Waals surface area (Å²) in [6.45, 7) is 6.20. The lowest BCUT2D eigenvalue weighted by Gasteiger charge is -2.18. The molecule has 0 aliphatic rings. The van der Waals surface area contributed by atoms with Gasteiger partial charge in [0.15, 0.2) is 6.10 Å². The standard InChI is InChI=1S/C55H84O6/c1-4-7-10-13-16-19-22-24-26-27-29-30-33-36-39-42-45-48-54(57)60-51-52(50-59-53(56)47-44-41-38-35-32-21-18-15-12-9-6-3)61-55(58)49-46-43-40-37-34-31-28-25-23-20-17-14-11-8-5-2/h8-9,11-12,14,17-18,20-21,23-26,28-31,34-36,38-39,52H,4-7,10,13,15-16,19,22,27,32-33,37,40-51H2,1-3H3/b11-8-,12-9-,17-14-,21-18-,23-20-,26-24-,28-25-,30-29-,34-31-,38-35-,39-36-. The molecule has 0 bridgehead atoms. The van der Waals surface area contributed by atoms with E-state index >= 15 is 0 Å². The lowest BCUT2D eigenvalue weighted by Crippen LogP contribution is -2.30. The van der Waals surface area contributed by atoms with Crippen LogP contribution in [0, 0.1) is 0 Å². The van der Waals surface area contributed by atoms with Crippen LogP contribution in [0.25, 0.3) is 0 Å². The predicted octanol–water partition coefficient (Wildman–Crippen LogP) is 15.5. The van der Waals surface area contributed by atoms with Crippen LogP contribution in [0.1, 0.15) is 175 Å². The summed E-state index contributed by atoms with van der Waals surface area (Å²) in [4.78, 5) is 37.8. The lowest BCUT2D eigenvalue weighted by molar-refractivity contribution is -0.167. The van der Waals surface area contributed by atoms with E-state index in [4.69, 9.17) is 14.2 Å². The third-order valence-corrected chi connectivity index (χ3v) is 9.25. The summed E-state index contributed by atoms with van der Waals surface area (Å²) < 4.78 is 16.6. The Morgan fingerprint density at radius 3 is 1.25 bits per heavy atom. The zero-order valence-corrected chi connectivity index (χ0v) is 38.6. The number of hydrogen-bond donors (Lipinski definition) is 0. The fraction of sp³-hybridized carbons (Fsp3) is 0.545. The Balaban J connectivity index is 4.62. The molecule has 0 aliphatic carbocycles. The molecule has 0 saturated carbocycles. The topological polar surface area (TPSA) is 78.9 Å². The van der Waals surface area contributed by atoms with E-state index in [0.29, 0.717) is 19.3 Å². The number of unbranched alkanes of at least 4 members (excludes halogenated alkanes) is 11. The quantitative estimate of drug-likeness (QED) is 0.0201. The fourth-order valence-electron chi connectivity index (χ4n) is 5.74. The maximum atomic E-state index is 12.7. The molecule has 6 nitrogen and oxygen atoms in total. The molecule has 0 spiro atoms. The van der Waals surface area contributed by atoms with Gasteiger partial charge in [0.05, 0.1) is 0 Å². The second kappa shape index (κ2) is 48.2. The fourth-order valence-corrected chi connectivity index (χ4v) is 5.74. The SMILES string of the molecule is CC\C=C/C=C\C=C/C=C\C=C/CCCCCC(=O)OC(COC(=O)CCC/C=C\C/C=C\C/C=C\CC)COC(=O)CCC/C=C\C/C=C\C/C=C\CCCCCCCC. The molecule has 1 unspecified atom stereocenters. The highest BCUT2D eigenvalue weighted by Gasteiger charge is 2.19. The van der Waals surface area contributed by atoms with E-state index in [1.807, 2.05) is 48.6 Å². The highest BCUT2D eigenvalue weighted by atomic mass is 16.6. The first-order chi connectivity index (χ1) is 30.0. The van der Waals surface area contributed by atoms with Gasteiger partial charge in [-0.05, 0) is 96.3 Å². The summed E-state index contributed by atoms with van der Waals surface area (Å²) in [7, 11) is 0. The van der Waals surface area contributed by atoms with Crippen molar-refractivity contribution in [2.24, 2.45) is 0 Å². The van der Waals surface area contributed by atoms with Gasteiger partial charge in [-0.2, -0.15) is 0 Å². The molecule has 0 fully saturated rings. The number of carbonyl (C=O) groups excluding carboxylic acids is 3. The molecule has 0 aromatic carbocycles. The number of carbonyl (C=O) groups is 3. The van der Waals surface area contributed by atoms with E-state index in [1.54, 1.807) is 0 Å². The molecule has 0 aromatic rings. The number of allylic oxidation sites excluding steroid dienone is 22. The minimum Gasteiger partial charge on any atom is -0.462 e. The summed E-state index contributed by atoms with van der Waals surface area (Å²) in [5, 5.41) is 0. The van der Waals surface area contributed by atoms with E-state index in [-0.39, 0.29) is 50.4 Å². The molecule has 340 valence electrons. The summed E-state index contributed by atoms with van der Waals surface area (Å²) in [6, 6.07) is 0. The summed E-state index contributed by atoms with van der Waals surface area (Å²) >= 11 is 0. The normalized spacial score (nSPS) is 13.3. The first kappa shape index (κ1) is 56.5.